The van der Waals surface area contributed by atoms with Gasteiger partial charge in [-0.2, -0.15) is 0 Å². The van der Waals surface area contributed by atoms with Crippen LogP contribution in [-0.4, -0.2) is 24.6 Å². The second-order valence-electron chi connectivity index (χ2n) is 17.0. The molecule has 0 aliphatic heterocycles. The third-order valence-electron chi connectivity index (χ3n) is 14.9. The molecule has 0 radical (unpaired) electrons. The van der Waals surface area contributed by atoms with Crippen molar-refractivity contribution in [2.45, 2.75) is 151 Å². The lowest BCUT2D eigenvalue weighted by Crippen LogP contribution is -2.67. The first-order valence-electron chi connectivity index (χ1n) is 17.7. The molecule has 0 saturated heterocycles. The Morgan fingerprint density at radius 2 is 1.45 bits per heavy atom. The molecule has 4 heteroatoms. The molecule has 42 heavy (non-hydrogen) atoms. The Labute approximate surface area is 257 Å². The molecule has 4 nitrogen and oxygen atoms in total. The van der Waals surface area contributed by atoms with Crippen LogP contribution in [0.4, 0.5) is 0 Å². The highest BCUT2D eigenvalue weighted by atomic mass is 16.5. The second-order valence-corrected chi connectivity index (χ2v) is 17.0. The van der Waals surface area contributed by atoms with Crippen molar-refractivity contribution in [1.29, 1.82) is 0 Å². The second kappa shape index (κ2) is 11.2. The molecule has 238 valence electrons. The van der Waals surface area contributed by atoms with Gasteiger partial charge < -0.3 is 9.47 Å². The molecule has 0 heterocycles. The lowest BCUT2D eigenvalue weighted by molar-refractivity contribution is -0.252. The fourth-order valence-corrected chi connectivity index (χ4v) is 12.6. The Kier molecular flexibility index (Phi) is 8.59. The summed E-state index contributed by atoms with van der Waals surface area (Å²) in [6.07, 6.45) is 14.8. The van der Waals surface area contributed by atoms with Crippen LogP contribution < -0.4 is 0 Å². The maximum Gasteiger partial charge on any atom is 0.306 e. The SMILES string of the molecule is C=C(C)[C@@H]1CC[C@]2(COC(=O)CCC)CC[C@]3(C)[C@H](CC[C@@H]4[C@@]5(C)CC[C@H](OC(=O)CCC)C(C)(C)[C@@H]5CC[C@]43C)[C@@H]12. The van der Waals surface area contributed by atoms with Crippen LogP contribution in [0.1, 0.15) is 145 Å². The fourth-order valence-electron chi connectivity index (χ4n) is 12.6. The van der Waals surface area contributed by atoms with Gasteiger partial charge in [-0.15, -0.1) is 0 Å². The maximum absolute atomic E-state index is 12.6. The zero-order chi connectivity index (χ0) is 30.7. The molecular formula is C38H62O4. The molecule has 0 amide bonds. The van der Waals surface area contributed by atoms with Gasteiger partial charge in [-0.1, -0.05) is 60.6 Å². The van der Waals surface area contributed by atoms with Gasteiger partial charge in [-0.25, -0.2) is 0 Å². The summed E-state index contributed by atoms with van der Waals surface area (Å²) >= 11 is 0. The largest absolute Gasteiger partial charge is 0.465 e. The van der Waals surface area contributed by atoms with Gasteiger partial charge in [0.25, 0.3) is 0 Å². The van der Waals surface area contributed by atoms with Gasteiger partial charge in [0.05, 0.1) is 6.61 Å². The van der Waals surface area contributed by atoms with E-state index in [4.69, 9.17) is 9.47 Å². The van der Waals surface area contributed by atoms with Gasteiger partial charge >= 0.3 is 11.9 Å². The summed E-state index contributed by atoms with van der Waals surface area (Å²) in [6.45, 7) is 24.3. The van der Waals surface area contributed by atoms with Crippen molar-refractivity contribution < 1.29 is 19.1 Å². The van der Waals surface area contributed by atoms with Crippen LogP contribution in [-0.2, 0) is 19.1 Å². The van der Waals surface area contributed by atoms with Gasteiger partial charge in [-0.05, 0) is 130 Å². The molecule has 5 saturated carbocycles. The summed E-state index contributed by atoms with van der Waals surface area (Å²) in [7, 11) is 0. The highest BCUT2D eigenvalue weighted by Gasteiger charge is 2.71. The number of rotatable bonds is 8. The summed E-state index contributed by atoms with van der Waals surface area (Å²) in [5.41, 5.74) is 2.28. The van der Waals surface area contributed by atoms with Crippen LogP contribution >= 0.6 is 0 Å². The zero-order valence-corrected chi connectivity index (χ0v) is 28.4. The van der Waals surface area contributed by atoms with E-state index >= 15 is 0 Å². The summed E-state index contributed by atoms with van der Waals surface area (Å²) in [4.78, 5) is 25.1. The molecule has 5 aliphatic rings. The first-order valence-corrected chi connectivity index (χ1v) is 17.7. The number of carbonyl (C=O) groups excluding carboxylic acids is 2. The highest BCUT2D eigenvalue weighted by Crippen LogP contribution is 2.77. The Bertz CT molecular complexity index is 1060. The molecule has 0 spiro atoms. The van der Waals surface area contributed by atoms with E-state index in [2.05, 4.69) is 62.0 Å². The lowest BCUT2D eigenvalue weighted by atomic mass is 9.32. The van der Waals surface area contributed by atoms with Gasteiger partial charge in [-0.3, -0.25) is 9.59 Å². The quantitative estimate of drug-likeness (QED) is 0.211. The van der Waals surface area contributed by atoms with Crippen LogP contribution in [0.25, 0.3) is 0 Å². The molecule has 0 aromatic rings. The number of ether oxygens (including phenoxy) is 2. The maximum atomic E-state index is 12.6. The predicted octanol–water partition coefficient (Wildman–Crippen LogP) is 9.70. The van der Waals surface area contributed by atoms with Gasteiger partial charge in [0.2, 0.25) is 0 Å². The molecule has 0 bridgehead atoms. The number of carbonyl (C=O) groups is 2. The molecule has 0 unspecified atom stereocenters. The van der Waals surface area contributed by atoms with E-state index in [0.717, 1.165) is 19.3 Å². The molecule has 5 fully saturated rings. The van der Waals surface area contributed by atoms with E-state index in [1.165, 1.54) is 63.4 Å². The number of hydrogen-bond donors (Lipinski definition) is 0. The minimum Gasteiger partial charge on any atom is -0.465 e. The normalized spacial score (nSPS) is 45.5. The lowest BCUT2D eigenvalue weighted by Gasteiger charge is -2.73. The highest BCUT2D eigenvalue weighted by molar-refractivity contribution is 5.69. The molecule has 10 atom stereocenters. The molecule has 0 aromatic carbocycles. The zero-order valence-electron chi connectivity index (χ0n) is 28.4. The van der Waals surface area contributed by atoms with E-state index in [1.807, 2.05) is 0 Å². The summed E-state index contributed by atoms with van der Waals surface area (Å²) in [5.74, 6) is 3.00. The summed E-state index contributed by atoms with van der Waals surface area (Å²) in [5, 5.41) is 0. The fraction of sp³-hybridized carbons (Fsp3) is 0.895. The van der Waals surface area contributed by atoms with Gasteiger partial charge in [0, 0.05) is 23.7 Å². The van der Waals surface area contributed by atoms with Crippen molar-refractivity contribution in [2.75, 3.05) is 6.61 Å². The van der Waals surface area contributed by atoms with Crippen molar-refractivity contribution in [3.8, 4) is 0 Å². The molecule has 0 aromatic heterocycles. The predicted molar refractivity (Wildman–Crippen MR) is 170 cm³/mol. The van der Waals surface area contributed by atoms with Crippen LogP contribution in [0, 0.1) is 56.7 Å². The third-order valence-corrected chi connectivity index (χ3v) is 14.9. The Hall–Kier alpha value is -1.32. The average Bonchev–Trinajstić information content (AvgIpc) is 3.30. The molecular weight excluding hydrogens is 520 g/mol. The topological polar surface area (TPSA) is 52.6 Å². The number of fused-ring (bicyclic) bond motifs is 7. The molecule has 5 rings (SSSR count). The number of esters is 2. The van der Waals surface area contributed by atoms with Crippen LogP contribution in [0.5, 0.6) is 0 Å². The Morgan fingerprint density at radius 3 is 2.12 bits per heavy atom. The van der Waals surface area contributed by atoms with Crippen molar-refractivity contribution >= 4 is 11.9 Å². The Balaban J connectivity index is 1.44. The first kappa shape index (κ1) is 32.1. The monoisotopic (exact) mass is 582 g/mol. The van der Waals surface area contributed by atoms with Crippen molar-refractivity contribution in [3.63, 3.8) is 0 Å². The van der Waals surface area contributed by atoms with Crippen molar-refractivity contribution in [3.05, 3.63) is 12.2 Å². The van der Waals surface area contributed by atoms with Crippen LogP contribution in [0.2, 0.25) is 0 Å². The average molecular weight is 583 g/mol. The minimum atomic E-state index is -0.0155. The number of hydrogen-bond acceptors (Lipinski definition) is 4. The summed E-state index contributed by atoms with van der Waals surface area (Å²) in [6, 6.07) is 0. The van der Waals surface area contributed by atoms with E-state index < -0.39 is 0 Å². The van der Waals surface area contributed by atoms with Gasteiger partial charge in [0.15, 0.2) is 0 Å². The van der Waals surface area contributed by atoms with Crippen molar-refractivity contribution in [1.82, 2.24) is 0 Å². The third kappa shape index (κ3) is 4.74. The van der Waals surface area contributed by atoms with E-state index in [9.17, 15) is 9.59 Å². The number of allylic oxidation sites excluding steroid dienone is 1. The standard InChI is InChI=1S/C38H62O4/c1-10-12-31(39)41-24-38-21-16-26(25(3)4)33(38)27-14-15-29-35(7)19-18-30(42-32(40)13-11-2)34(5,6)28(35)17-20-37(29,9)36(27,8)22-23-38/h26-30,33H,3,10-24H2,1-2,4-9H3/t26-,27+,28-,29+,30-,33+,35-,36+,37+,38+/m0/s1. The van der Waals surface area contributed by atoms with Crippen LogP contribution in [0.3, 0.4) is 0 Å². The minimum absolute atomic E-state index is 0.00390. The Morgan fingerprint density at radius 1 is 0.762 bits per heavy atom. The van der Waals surface area contributed by atoms with Gasteiger partial charge in [0.1, 0.15) is 6.10 Å². The molecule has 5 aliphatic carbocycles. The molecule has 0 N–H and O–H groups in total. The van der Waals surface area contributed by atoms with E-state index in [1.54, 1.807) is 0 Å². The van der Waals surface area contributed by atoms with Crippen LogP contribution in [0.15, 0.2) is 12.2 Å². The van der Waals surface area contributed by atoms with E-state index in [0.29, 0.717) is 49.0 Å². The first-order chi connectivity index (χ1) is 19.7. The van der Waals surface area contributed by atoms with E-state index in [-0.39, 0.29) is 45.1 Å². The van der Waals surface area contributed by atoms with Crippen molar-refractivity contribution in [2.24, 2.45) is 56.7 Å². The smallest absolute Gasteiger partial charge is 0.306 e. The summed E-state index contributed by atoms with van der Waals surface area (Å²) < 4.78 is 12.2.